The van der Waals surface area contributed by atoms with Crippen molar-refractivity contribution in [2.75, 3.05) is 0 Å². The van der Waals surface area contributed by atoms with Crippen LogP contribution in [0.5, 0.6) is 0 Å². The van der Waals surface area contributed by atoms with Crippen LogP contribution in [0, 0.1) is 20.8 Å². The van der Waals surface area contributed by atoms with Gasteiger partial charge in [0.05, 0.1) is 4.90 Å². The molecule has 5 heteroatoms. The second kappa shape index (κ2) is 19.1. The van der Waals surface area contributed by atoms with E-state index in [1.54, 1.807) is 32.0 Å². The molecular formula is C23H41NaO3S. The second-order valence-corrected chi connectivity index (χ2v) is 8.80. The molecule has 0 spiro atoms. The Labute approximate surface area is 197 Å². The van der Waals surface area contributed by atoms with Crippen LogP contribution in [-0.2, 0) is 10.1 Å². The van der Waals surface area contributed by atoms with Crippen molar-refractivity contribution in [2.45, 2.75) is 109 Å². The molecule has 0 radical (unpaired) electrons. The first-order valence-electron chi connectivity index (χ1n) is 10.7. The van der Waals surface area contributed by atoms with Gasteiger partial charge in [0.1, 0.15) is 0 Å². The molecule has 0 aromatic heterocycles. The summed E-state index contributed by atoms with van der Waals surface area (Å²) in [5.41, 5.74) is 1.13. The fourth-order valence-corrected chi connectivity index (χ4v) is 4.17. The van der Waals surface area contributed by atoms with E-state index in [4.69, 9.17) is 4.55 Å². The molecule has 28 heavy (non-hydrogen) atoms. The van der Waals surface area contributed by atoms with Crippen LogP contribution in [0.1, 0.15) is 102 Å². The molecule has 0 saturated carbocycles. The third kappa shape index (κ3) is 16.0. The number of benzene rings is 1. The first-order chi connectivity index (χ1) is 12.8. The van der Waals surface area contributed by atoms with Crippen LogP contribution >= 0.6 is 0 Å². The monoisotopic (exact) mass is 420 g/mol. The van der Waals surface area contributed by atoms with Gasteiger partial charge in [-0.2, -0.15) is 14.8 Å². The Morgan fingerprint density at radius 1 is 0.786 bits per heavy atom. The van der Waals surface area contributed by atoms with E-state index in [0.717, 1.165) is 6.42 Å². The van der Waals surface area contributed by atoms with E-state index in [0.29, 0.717) is 11.1 Å². The summed E-state index contributed by atoms with van der Waals surface area (Å²) >= 11 is 0. The van der Waals surface area contributed by atoms with Crippen molar-refractivity contribution < 1.29 is 42.5 Å². The fourth-order valence-electron chi connectivity index (χ4n) is 3.22. The van der Waals surface area contributed by atoms with Crippen LogP contribution in [0.2, 0.25) is 0 Å². The van der Waals surface area contributed by atoms with Gasteiger partial charge in [0, 0.05) is 0 Å². The predicted molar refractivity (Wildman–Crippen MR) is 117 cm³/mol. The summed E-state index contributed by atoms with van der Waals surface area (Å²) < 4.78 is 30.5. The van der Waals surface area contributed by atoms with Crippen molar-refractivity contribution in [2.24, 2.45) is 0 Å². The largest absolute Gasteiger partial charge is 1.00 e. The van der Waals surface area contributed by atoms with E-state index in [2.05, 4.69) is 13.8 Å². The summed E-state index contributed by atoms with van der Waals surface area (Å²) in [6.07, 6.45) is 18.3. The van der Waals surface area contributed by atoms with Gasteiger partial charge in [-0.15, -0.1) is 0 Å². The van der Waals surface area contributed by atoms with E-state index < -0.39 is 10.1 Å². The standard InChI is InChI=1S/C15H31.C8H10O3S.Na/c1-3-5-7-9-11-13-15-14-12-10-8-6-4-2;1-6-4-3-5-7(2)8(6)12(9,10)11;/h1,3-15H2,2H3;3-5H,1-2H3,(H,9,10,11);/q-1;;+1. The van der Waals surface area contributed by atoms with Crippen molar-refractivity contribution in [3.8, 4) is 0 Å². The summed E-state index contributed by atoms with van der Waals surface area (Å²) in [7, 11) is -4.06. The Morgan fingerprint density at radius 3 is 1.43 bits per heavy atom. The predicted octanol–water partition coefficient (Wildman–Crippen LogP) is 4.47. The van der Waals surface area contributed by atoms with E-state index >= 15 is 0 Å². The molecule has 0 aliphatic rings. The number of hydrogen-bond donors (Lipinski definition) is 1. The molecule has 0 unspecified atom stereocenters. The molecule has 0 atom stereocenters. The van der Waals surface area contributed by atoms with E-state index in [1.165, 1.54) is 77.0 Å². The van der Waals surface area contributed by atoms with Gasteiger partial charge >= 0.3 is 29.6 Å². The summed E-state index contributed by atoms with van der Waals surface area (Å²) in [6.45, 7) is 9.45. The normalized spacial score (nSPS) is 10.8. The van der Waals surface area contributed by atoms with E-state index in [9.17, 15) is 8.42 Å². The average molecular weight is 421 g/mol. The van der Waals surface area contributed by atoms with Gasteiger partial charge in [-0.1, -0.05) is 102 Å². The molecule has 0 fully saturated rings. The van der Waals surface area contributed by atoms with Crippen LogP contribution in [0.15, 0.2) is 23.1 Å². The first-order valence-corrected chi connectivity index (χ1v) is 12.1. The number of rotatable bonds is 13. The summed E-state index contributed by atoms with van der Waals surface area (Å²) in [6, 6.07) is 5.05. The van der Waals surface area contributed by atoms with Crippen LogP contribution < -0.4 is 29.6 Å². The number of aryl methyl sites for hydroxylation is 2. The minimum Gasteiger partial charge on any atom is -0.343 e. The van der Waals surface area contributed by atoms with Crippen molar-refractivity contribution in [3.63, 3.8) is 0 Å². The van der Waals surface area contributed by atoms with Gasteiger partial charge in [-0.3, -0.25) is 4.55 Å². The van der Waals surface area contributed by atoms with Crippen molar-refractivity contribution >= 4 is 10.1 Å². The molecule has 3 nitrogen and oxygen atoms in total. The maximum atomic E-state index is 10.8. The first kappa shape index (κ1) is 30.3. The quantitative estimate of drug-likeness (QED) is 0.222. The maximum absolute atomic E-state index is 10.8. The molecular weight excluding hydrogens is 379 g/mol. The zero-order chi connectivity index (χ0) is 20.5. The van der Waals surface area contributed by atoms with Gasteiger partial charge < -0.3 is 6.92 Å². The van der Waals surface area contributed by atoms with Crippen LogP contribution in [-0.4, -0.2) is 13.0 Å². The van der Waals surface area contributed by atoms with Crippen LogP contribution in [0.25, 0.3) is 0 Å². The number of unbranched alkanes of at least 4 members (excludes halogenated alkanes) is 12. The zero-order valence-corrected chi connectivity index (χ0v) is 21.6. The smallest absolute Gasteiger partial charge is 0.343 e. The van der Waals surface area contributed by atoms with Crippen molar-refractivity contribution in [1.82, 2.24) is 0 Å². The molecule has 158 valence electrons. The summed E-state index contributed by atoms with van der Waals surface area (Å²) in [5.74, 6) is 0. The topological polar surface area (TPSA) is 54.4 Å². The molecule has 1 aromatic rings. The van der Waals surface area contributed by atoms with E-state index in [-0.39, 0.29) is 34.5 Å². The Kier molecular flexibility index (Phi) is 20.7. The zero-order valence-electron chi connectivity index (χ0n) is 18.8. The molecule has 1 rings (SSSR count). The molecule has 0 amide bonds. The minimum atomic E-state index is -4.06. The summed E-state index contributed by atoms with van der Waals surface area (Å²) in [4.78, 5) is 0.0185. The summed E-state index contributed by atoms with van der Waals surface area (Å²) in [5, 5.41) is 0. The Balaban J connectivity index is 0. The Morgan fingerprint density at radius 2 is 1.14 bits per heavy atom. The SMILES string of the molecule is Cc1cccc(C)c1S(=O)(=O)O.[CH2-]CCCCCCCCCCCCCC.[Na+]. The molecule has 0 aliphatic heterocycles. The van der Waals surface area contributed by atoms with Gasteiger partial charge in [0.2, 0.25) is 0 Å². The maximum Gasteiger partial charge on any atom is 1.00 e. The van der Waals surface area contributed by atoms with Crippen LogP contribution in [0.4, 0.5) is 0 Å². The molecule has 0 aliphatic carbocycles. The third-order valence-corrected chi connectivity index (χ3v) is 5.93. The van der Waals surface area contributed by atoms with Gasteiger partial charge in [-0.05, 0) is 25.0 Å². The number of hydrogen-bond acceptors (Lipinski definition) is 2. The van der Waals surface area contributed by atoms with Crippen LogP contribution in [0.3, 0.4) is 0 Å². The van der Waals surface area contributed by atoms with Crippen molar-refractivity contribution in [1.29, 1.82) is 0 Å². The van der Waals surface area contributed by atoms with E-state index in [1.807, 2.05) is 0 Å². The average Bonchev–Trinajstić information content (AvgIpc) is 2.59. The molecule has 0 heterocycles. The van der Waals surface area contributed by atoms with Crippen molar-refractivity contribution in [3.05, 3.63) is 36.2 Å². The van der Waals surface area contributed by atoms with Gasteiger partial charge in [-0.25, -0.2) is 0 Å². The molecule has 0 saturated heterocycles. The minimum absolute atomic E-state index is 0. The van der Waals surface area contributed by atoms with Gasteiger partial charge in [0.15, 0.2) is 0 Å². The third-order valence-electron chi connectivity index (χ3n) is 4.77. The fraction of sp³-hybridized carbons (Fsp3) is 0.696. The second-order valence-electron chi connectivity index (χ2n) is 7.44. The molecule has 1 N–H and O–H groups in total. The van der Waals surface area contributed by atoms with Gasteiger partial charge in [0.25, 0.3) is 10.1 Å². The Bertz CT molecular complexity index is 553. The molecule has 1 aromatic carbocycles. The Hall–Kier alpha value is 0.130. The molecule has 0 bridgehead atoms.